The molecular weight excluding hydrogens is 607 g/mol. The fourth-order valence-corrected chi connectivity index (χ4v) is 7.16. The van der Waals surface area contributed by atoms with Gasteiger partial charge >= 0.3 is 5.97 Å². The second-order valence-electron chi connectivity index (χ2n) is 13.3. The monoisotopic (exact) mass is 658 g/mol. The summed E-state index contributed by atoms with van der Waals surface area (Å²) in [6.45, 7) is 13.0. The van der Waals surface area contributed by atoms with Gasteiger partial charge in [-0.25, -0.2) is 4.39 Å². The minimum Gasteiger partial charge on any atom is -0.508 e. The van der Waals surface area contributed by atoms with E-state index in [0.29, 0.717) is 38.2 Å². The highest BCUT2D eigenvalue weighted by molar-refractivity contribution is 5.94. The summed E-state index contributed by atoms with van der Waals surface area (Å²) in [5.74, 6) is -0.0771. The molecule has 0 saturated carbocycles. The van der Waals surface area contributed by atoms with Gasteiger partial charge in [0.05, 0.1) is 12.6 Å². The number of aromatic hydroxyl groups is 1. The van der Waals surface area contributed by atoms with E-state index in [0.717, 1.165) is 68.7 Å². The van der Waals surface area contributed by atoms with E-state index in [1.54, 1.807) is 18.2 Å². The molecule has 258 valence electrons. The molecule has 0 aromatic heterocycles. The molecule has 0 bridgehead atoms. The molecule has 1 N–H and O–H groups in total. The molecule has 5 rings (SSSR count). The van der Waals surface area contributed by atoms with Crippen LogP contribution in [0.5, 0.6) is 5.75 Å². The molecule has 1 amide bonds. The van der Waals surface area contributed by atoms with E-state index in [2.05, 4.69) is 34.6 Å². The van der Waals surface area contributed by atoms with Crippen molar-refractivity contribution in [3.8, 4) is 5.75 Å². The molecule has 2 aliphatic rings. The Morgan fingerprint density at radius 3 is 2.33 bits per heavy atom. The van der Waals surface area contributed by atoms with E-state index < -0.39 is 0 Å². The smallest absolute Gasteiger partial charge is 0.305 e. The minimum atomic E-state index is -0.216. The number of esters is 1. The van der Waals surface area contributed by atoms with Crippen LogP contribution in [0.25, 0.3) is 0 Å². The molecule has 0 aliphatic carbocycles. The molecule has 9 heteroatoms. The molecule has 3 aromatic rings. The van der Waals surface area contributed by atoms with Crippen molar-refractivity contribution in [1.82, 2.24) is 19.6 Å². The predicted octanol–water partition coefficient (Wildman–Crippen LogP) is 6.10. The Kier molecular flexibility index (Phi) is 12.6. The Bertz CT molecular complexity index is 1510. The fourth-order valence-electron chi connectivity index (χ4n) is 7.16. The summed E-state index contributed by atoms with van der Waals surface area (Å²) in [6.07, 6.45) is 3.35. The Labute approximate surface area is 285 Å². The molecular formula is C39H51FN4O4. The molecule has 0 radical (unpaired) electrons. The van der Waals surface area contributed by atoms with Crippen LogP contribution in [-0.2, 0) is 16.1 Å². The quantitative estimate of drug-likeness (QED) is 0.176. The SMILES string of the molecule is CCOC(=O)CCCCCN1CCN(C(=O)c2cccc(C(c3cccc(O)c3)N3C[C@@H](C)N(Cc4cccc(F)c4)C[C@@H]3C)c2)CC1. The first-order chi connectivity index (χ1) is 23.2. The largest absolute Gasteiger partial charge is 0.508 e. The number of nitrogens with zero attached hydrogens (tertiary/aromatic N) is 4. The molecule has 2 aliphatic heterocycles. The number of piperazine rings is 2. The number of benzene rings is 3. The number of hydrogen-bond acceptors (Lipinski definition) is 7. The summed E-state index contributed by atoms with van der Waals surface area (Å²) in [5, 5.41) is 10.5. The van der Waals surface area contributed by atoms with Crippen LogP contribution in [0.1, 0.15) is 79.5 Å². The standard InChI is InChI=1S/C39H51FN4O4/c1-4-48-37(46)17-6-5-7-18-41-19-21-42(22-20-41)39(47)34-14-9-12-32(24-34)38(33-13-10-16-36(45)25-33)44-27-29(2)43(26-30(44)3)28-31-11-8-15-35(40)23-31/h8-16,23-25,29-30,38,45H,4-7,17-22,26-28H2,1-3H3/t29-,30+,38?/m1/s1. The Morgan fingerprint density at radius 2 is 1.60 bits per heavy atom. The number of ether oxygens (including phenoxy) is 1. The van der Waals surface area contributed by atoms with Crippen LogP contribution in [0.4, 0.5) is 4.39 Å². The third-order valence-electron chi connectivity index (χ3n) is 9.72. The first kappa shape index (κ1) is 35.5. The predicted molar refractivity (Wildman–Crippen MR) is 186 cm³/mol. The number of halogens is 1. The van der Waals surface area contributed by atoms with Crippen molar-refractivity contribution in [2.75, 3.05) is 52.4 Å². The first-order valence-corrected chi connectivity index (χ1v) is 17.5. The molecule has 2 heterocycles. The van der Waals surface area contributed by atoms with Crippen LogP contribution in [0.3, 0.4) is 0 Å². The van der Waals surface area contributed by atoms with E-state index in [4.69, 9.17) is 4.74 Å². The van der Waals surface area contributed by atoms with E-state index in [1.165, 1.54) is 6.07 Å². The molecule has 1 unspecified atom stereocenters. The minimum absolute atomic E-state index is 0.0434. The number of carbonyl (C=O) groups is 2. The van der Waals surface area contributed by atoms with Crippen molar-refractivity contribution in [3.63, 3.8) is 0 Å². The van der Waals surface area contributed by atoms with Gasteiger partial charge in [-0.3, -0.25) is 24.3 Å². The zero-order valence-corrected chi connectivity index (χ0v) is 28.7. The van der Waals surface area contributed by atoms with Crippen molar-refractivity contribution in [3.05, 3.63) is 101 Å². The third kappa shape index (κ3) is 9.43. The van der Waals surface area contributed by atoms with Gasteiger partial charge in [-0.2, -0.15) is 0 Å². The molecule has 48 heavy (non-hydrogen) atoms. The second-order valence-corrected chi connectivity index (χ2v) is 13.3. The summed E-state index contributed by atoms with van der Waals surface area (Å²) in [6, 6.07) is 22.5. The van der Waals surface area contributed by atoms with Gasteiger partial charge in [-0.15, -0.1) is 0 Å². The average molecular weight is 659 g/mol. The number of rotatable bonds is 13. The van der Waals surface area contributed by atoms with E-state index in [-0.39, 0.29) is 41.6 Å². The Balaban J connectivity index is 1.24. The molecule has 3 atom stereocenters. The summed E-state index contributed by atoms with van der Waals surface area (Å²) in [5.41, 5.74) is 3.64. The number of unbranched alkanes of at least 4 members (excludes halogenated alkanes) is 2. The highest BCUT2D eigenvalue weighted by Gasteiger charge is 2.35. The van der Waals surface area contributed by atoms with Crippen molar-refractivity contribution in [2.45, 2.75) is 71.1 Å². The maximum atomic E-state index is 13.9. The molecule has 3 aromatic carbocycles. The highest BCUT2D eigenvalue weighted by Crippen LogP contribution is 2.35. The van der Waals surface area contributed by atoms with Crippen molar-refractivity contribution in [1.29, 1.82) is 0 Å². The number of hydrogen-bond donors (Lipinski definition) is 1. The molecule has 8 nitrogen and oxygen atoms in total. The van der Waals surface area contributed by atoms with Crippen molar-refractivity contribution in [2.24, 2.45) is 0 Å². The lowest BCUT2D eigenvalue weighted by molar-refractivity contribution is -0.143. The molecule has 2 fully saturated rings. The zero-order valence-electron chi connectivity index (χ0n) is 28.7. The maximum absolute atomic E-state index is 13.9. The number of phenols is 1. The summed E-state index contributed by atoms with van der Waals surface area (Å²) >= 11 is 0. The first-order valence-electron chi connectivity index (χ1n) is 17.5. The lowest BCUT2D eigenvalue weighted by Gasteiger charge is -2.47. The van der Waals surface area contributed by atoms with Crippen LogP contribution >= 0.6 is 0 Å². The Hall–Kier alpha value is -3.79. The van der Waals surface area contributed by atoms with Gasteiger partial charge < -0.3 is 14.7 Å². The van der Waals surface area contributed by atoms with Gasteiger partial charge in [0.15, 0.2) is 0 Å². The summed E-state index contributed by atoms with van der Waals surface area (Å²) < 4.78 is 18.9. The van der Waals surface area contributed by atoms with Crippen LogP contribution in [-0.4, -0.2) is 101 Å². The van der Waals surface area contributed by atoms with Crippen LogP contribution in [0, 0.1) is 5.82 Å². The van der Waals surface area contributed by atoms with Crippen LogP contribution in [0.2, 0.25) is 0 Å². The lowest BCUT2D eigenvalue weighted by Crippen LogP contribution is -2.56. The number of carbonyl (C=O) groups excluding carboxylic acids is 2. The van der Waals surface area contributed by atoms with E-state index >= 15 is 0 Å². The van der Waals surface area contributed by atoms with Gasteiger partial charge in [0.25, 0.3) is 5.91 Å². The van der Waals surface area contributed by atoms with E-state index in [1.807, 2.05) is 54.3 Å². The van der Waals surface area contributed by atoms with Crippen LogP contribution in [0.15, 0.2) is 72.8 Å². The van der Waals surface area contributed by atoms with E-state index in [9.17, 15) is 19.1 Å². The topological polar surface area (TPSA) is 76.6 Å². The van der Waals surface area contributed by atoms with Crippen LogP contribution < -0.4 is 0 Å². The third-order valence-corrected chi connectivity index (χ3v) is 9.72. The van der Waals surface area contributed by atoms with Crippen molar-refractivity contribution < 1.29 is 23.8 Å². The van der Waals surface area contributed by atoms with Gasteiger partial charge in [-0.05, 0) is 93.2 Å². The number of amides is 1. The Morgan fingerprint density at radius 1 is 0.875 bits per heavy atom. The molecule has 0 spiro atoms. The molecule has 2 saturated heterocycles. The normalized spacial score (nSPS) is 20.0. The average Bonchev–Trinajstić information content (AvgIpc) is 3.07. The maximum Gasteiger partial charge on any atom is 0.305 e. The zero-order chi connectivity index (χ0) is 34.0. The lowest BCUT2D eigenvalue weighted by atomic mass is 9.92. The highest BCUT2D eigenvalue weighted by atomic mass is 19.1. The summed E-state index contributed by atoms with van der Waals surface area (Å²) in [7, 11) is 0. The van der Waals surface area contributed by atoms with Gasteiger partial charge in [0, 0.05) is 69.9 Å². The fraction of sp³-hybridized carbons (Fsp3) is 0.487. The van der Waals surface area contributed by atoms with Gasteiger partial charge in [-0.1, -0.05) is 42.8 Å². The summed E-state index contributed by atoms with van der Waals surface area (Å²) in [4.78, 5) is 34.6. The second kappa shape index (κ2) is 17.0. The number of phenolic OH excluding ortho intramolecular Hbond substituents is 1. The van der Waals surface area contributed by atoms with Gasteiger partial charge in [0.1, 0.15) is 11.6 Å². The van der Waals surface area contributed by atoms with Gasteiger partial charge in [0.2, 0.25) is 0 Å². The van der Waals surface area contributed by atoms with Crippen molar-refractivity contribution >= 4 is 11.9 Å².